The van der Waals surface area contributed by atoms with Crippen molar-refractivity contribution in [2.24, 2.45) is 5.73 Å². The number of sulfonamides is 1. The van der Waals surface area contributed by atoms with Crippen molar-refractivity contribution in [1.82, 2.24) is 4.72 Å². The van der Waals surface area contributed by atoms with Crippen LogP contribution in [-0.2, 0) is 20.5 Å². The van der Waals surface area contributed by atoms with E-state index in [1.165, 1.54) is 0 Å². The highest BCUT2D eigenvalue weighted by Crippen LogP contribution is 2.09. The highest BCUT2D eigenvalue weighted by molar-refractivity contribution is 7.88. The Hall–Kier alpha value is -1.02. The molecule has 112 valence electrons. The third-order valence-corrected chi connectivity index (χ3v) is 4.17. The molecule has 0 saturated heterocycles. The fraction of sp³-hybridized carbons (Fsp3) is 0.462. The number of hydrogen-bond donors (Lipinski definition) is 2. The smallest absolute Gasteiger partial charge is 0.215 e. The van der Waals surface area contributed by atoms with Crippen molar-refractivity contribution in [3.05, 3.63) is 35.4 Å². The summed E-state index contributed by atoms with van der Waals surface area (Å²) in [6, 6.07) is 6.91. The third-order valence-electron chi connectivity index (χ3n) is 2.61. The van der Waals surface area contributed by atoms with E-state index in [2.05, 4.69) is 4.72 Å². The minimum absolute atomic E-state index is 0.109. The molecule has 0 radical (unpaired) electrons. The van der Waals surface area contributed by atoms with Crippen LogP contribution < -0.4 is 10.5 Å². The second-order valence-electron chi connectivity index (χ2n) is 4.44. The molecule has 0 amide bonds. The van der Waals surface area contributed by atoms with Gasteiger partial charge in [0.25, 0.3) is 0 Å². The van der Waals surface area contributed by atoms with Crippen molar-refractivity contribution in [3.8, 4) is 0 Å². The minimum Gasteiger partial charge on any atom is -0.389 e. The lowest BCUT2D eigenvalue weighted by atomic mass is 10.1. The van der Waals surface area contributed by atoms with E-state index >= 15 is 0 Å². The maximum absolute atomic E-state index is 12.0. The van der Waals surface area contributed by atoms with Crippen molar-refractivity contribution in [3.63, 3.8) is 0 Å². The average molecular weight is 316 g/mol. The largest absolute Gasteiger partial charge is 0.389 e. The van der Waals surface area contributed by atoms with Crippen LogP contribution in [0.3, 0.4) is 0 Å². The summed E-state index contributed by atoms with van der Waals surface area (Å²) in [4.78, 5) is 0.252. The third kappa shape index (κ3) is 5.96. The summed E-state index contributed by atoms with van der Waals surface area (Å²) in [5.41, 5.74) is 6.84. The number of hydrogen-bond acceptors (Lipinski definition) is 4. The Kier molecular flexibility index (Phi) is 6.54. The molecule has 0 saturated carbocycles. The fourth-order valence-electron chi connectivity index (χ4n) is 1.67. The van der Waals surface area contributed by atoms with Crippen molar-refractivity contribution < 1.29 is 13.2 Å². The van der Waals surface area contributed by atoms with E-state index in [-0.39, 0.29) is 23.4 Å². The molecule has 3 N–H and O–H groups in total. The molecule has 5 nitrogen and oxygen atoms in total. The van der Waals surface area contributed by atoms with Gasteiger partial charge in [0.05, 0.1) is 11.9 Å². The predicted molar refractivity (Wildman–Crippen MR) is 84.0 cm³/mol. The Labute approximate surface area is 125 Å². The molecule has 0 aromatic heterocycles. The Balaban J connectivity index is 2.66. The molecule has 0 spiro atoms. The topological polar surface area (TPSA) is 81.4 Å². The summed E-state index contributed by atoms with van der Waals surface area (Å²) in [5.74, 6) is -0.109. The summed E-state index contributed by atoms with van der Waals surface area (Å²) in [6.07, 6.45) is -0.155. The van der Waals surface area contributed by atoms with Gasteiger partial charge in [-0.1, -0.05) is 30.4 Å². The number of benzene rings is 1. The molecule has 1 rings (SSSR count). The highest BCUT2D eigenvalue weighted by atomic mass is 32.2. The van der Waals surface area contributed by atoms with Crippen LogP contribution in [0.4, 0.5) is 0 Å². The van der Waals surface area contributed by atoms with Crippen LogP contribution in [0.15, 0.2) is 24.3 Å². The van der Waals surface area contributed by atoms with Gasteiger partial charge in [0.2, 0.25) is 10.0 Å². The van der Waals surface area contributed by atoms with Crippen LogP contribution in [0.2, 0.25) is 0 Å². The van der Waals surface area contributed by atoms with Crippen LogP contribution in [0, 0.1) is 0 Å². The molecule has 20 heavy (non-hydrogen) atoms. The summed E-state index contributed by atoms with van der Waals surface area (Å²) < 4.78 is 31.7. The zero-order chi connectivity index (χ0) is 15.2. The van der Waals surface area contributed by atoms with Crippen LogP contribution in [0.5, 0.6) is 0 Å². The molecule has 1 aromatic carbocycles. The lowest BCUT2D eigenvalue weighted by Crippen LogP contribution is -2.33. The van der Waals surface area contributed by atoms with Crippen molar-refractivity contribution in [2.75, 3.05) is 13.2 Å². The molecule has 0 aliphatic heterocycles. The van der Waals surface area contributed by atoms with Crippen LogP contribution in [-0.4, -0.2) is 32.7 Å². The SMILES string of the molecule is CCOC(C)CNS(=O)(=O)Cc1cccc(C(N)=S)c1. The average Bonchev–Trinajstić information content (AvgIpc) is 2.37. The predicted octanol–water partition coefficient (Wildman–Crippen LogP) is 1.17. The van der Waals surface area contributed by atoms with Gasteiger partial charge >= 0.3 is 0 Å². The van der Waals surface area contributed by atoms with E-state index < -0.39 is 10.0 Å². The molecule has 1 unspecified atom stereocenters. The van der Waals surface area contributed by atoms with Crippen molar-refractivity contribution >= 4 is 27.2 Å². The fourth-order valence-corrected chi connectivity index (χ4v) is 3.01. The zero-order valence-corrected chi connectivity index (χ0v) is 13.3. The number of ether oxygens (including phenoxy) is 1. The Morgan fingerprint density at radius 1 is 1.50 bits per heavy atom. The van der Waals surface area contributed by atoms with Gasteiger partial charge in [0.1, 0.15) is 4.99 Å². The molecule has 1 aromatic rings. The second kappa shape index (κ2) is 7.68. The van der Waals surface area contributed by atoms with Gasteiger partial charge in [-0.05, 0) is 25.5 Å². The summed E-state index contributed by atoms with van der Waals surface area (Å²) in [6.45, 7) is 4.50. The molecule has 7 heteroatoms. The lowest BCUT2D eigenvalue weighted by molar-refractivity contribution is 0.0799. The first-order chi connectivity index (χ1) is 9.34. The highest BCUT2D eigenvalue weighted by Gasteiger charge is 2.13. The Morgan fingerprint density at radius 2 is 2.20 bits per heavy atom. The van der Waals surface area contributed by atoms with Crippen molar-refractivity contribution in [1.29, 1.82) is 0 Å². The molecule has 0 aliphatic carbocycles. The van der Waals surface area contributed by atoms with Crippen LogP contribution in [0.1, 0.15) is 25.0 Å². The van der Waals surface area contributed by atoms with E-state index in [1.807, 2.05) is 13.8 Å². The summed E-state index contributed by atoms with van der Waals surface area (Å²) >= 11 is 4.87. The lowest BCUT2D eigenvalue weighted by Gasteiger charge is -2.13. The number of rotatable bonds is 8. The maximum atomic E-state index is 12.0. The van der Waals surface area contributed by atoms with Gasteiger partial charge in [-0.25, -0.2) is 13.1 Å². The molecular weight excluding hydrogens is 296 g/mol. The van der Waals surface area contributed by atoms with Gasteiger partial charge in [-0.2, -0.15) is 0 Å². The molecule has 0 heterocycles. The first kappa shape index (κ1) is 17.0. The number of thiocarbonyl (C=S) groups is 1. The molecular formula is C13H20N2O3S2. The van der Waals surface area contributed by atoms with Gasteiger partial charge in [0.15, 0.2) is 0 Å². The number of nitrogens with two attached hydrogens (primary N) is 1. The molecule has 0 bridgehead atoms. The molecule has 0 fully saturated rings. The molecule has 0 aliphatic rings. The first-order valence-corrected chi connectivity index (χ1v) is 8.38. The van der Waals surface area contributed by atoms with Gasteiger partial charge < -0.3 is 10.5 Å². The van der Waals surface area contributed by atoms with Gasteiger partial charge in [0, 0.05) is 18.7 Å². The van der Waals surface area contributed by atoms with Gasteiger partial charge in [-0.3, -0.25) is 0 Å². The number of nitrogens with one attached hydrogen (secondary N) is 1. The van der Waals surface area contributed by atoms with E-state index in [9.17, 15) is 8.42 Å². The van der Waals surface area contributed by atoms with E-state index in [0.29, 0.717) is 17.7 Å². The quantitative estimate of drug-likeness (QED) is 0.704. The maximum Gasteiger partial charge on any atom is 0.215 e. The van der Waals surface area contributed by atoms with E-state index in [0.717, 1.165) is 0 Å². The van der Waals surface area contributed by atoms with E-state index in [1.54, 1.807) is 24.3 Å². The van der Waals surface area contributed by atoms with Crippen LogP contribution >= 0.6 is 12.2 Å². The van der Waals surface area contributed by atoms with Gasteiger partial charge in [-0.15, -0.1) is 0 Å². The van der Waals surface area contributed by atoms with E-state index in [4.69, 9.17) is 22.7 Å². The molecule has 1 atom stereocenters. The summed E-state index contributed by atoms with van der Waals surface area (Å²) in [7, 11) is -3.40. The Morgan fingerprint density at radius 3 is 2.80 bits per heavy atom. The monoisotopic (exact) mass is 316 g/mol. The normalized spacial score (nSPS) is 13.1. The van der Waals surface area contributed by atoms with Crippen LogP contribution in [0.25, 0.3) is 0 Å². The first-order valence-electron chi connectivity index (χ1n) is 6.31. The summed E-state index contributed by atoms with van der Waals surface area (Å²) in [5, 5.41) is 0. The Bertz CT molecular complexity index is 558. The van der Waals surface area contributed by atoms with Crippen molar-refractivity contribution in [2.45, 2.75) is 25.7 Å². The zero-order valence-electron chi connectivity index (χ0n) is 11.6. The second-order valence-corrected chi connectivity index (χ2v) is 6.68. The minimum atomic E-state index is -3.40. The standard InChI is InChI=1S/C13H20N2O3S2/c1-3-18-10(2)8-15-20(16,17)9-11-5-4-6-12(7-11)13(14)19/h4-7,10,15H,3,8-9H2,1-2H3,(H2,14,19).